The molecule has 0 aliphatic rings. The molecule has 0 atom stereocenters. The van der Waals surface area contributed by atoms with E-state index in [2.05, 4.69) is 31.6 Å². The van der Waals surface area contributed by atoms with Gasteiger partial charge in [0.15, 0.2) is 6.61 Å². The maximum atomic E-state index is 11.5. The second kappa shape index (κ2) is 8.38. The van der Waals surface area contributed by atoms with Crippen LogP contribution < -0.4 is 15.6 Å². The molecule has 0 radical (unpaired) electrons. The Kier molecular flexibility index (Phi) is 6.85. The van der Waals surface area contributed by atoms with Gasteiger partial charge >= 0.3 is 0 Å². The molecular weight excluding hydrogens is 284 g/mol. The van der Waals surface area contributed by atoms with Gasteiger partial charge in [-0.05, 0) is 30.0 Å². The van der Waals surface area contributed by atoms with Crippen molar-refractivity contribution in [2.24, 2.45) is 0 Å². The normalized spacial score (nSPS) is 10.9. The molecule has 22 heavy (non-hydrogen) atoms. The highest BCUT2D eigenvalue weighted by Crippen LogP contribution is 2.24. The molecule has 0 bridgehead atoms. The third kappa shape index (κ3) is 6.58. The topological polar surface area (TPSA) is 76.7 Å². The van der Waals surface area contributed by atoms with Crippen LogP contribution in [0.25, 0.3) is 0 Å². The van der Waals surface area contributed by atoms with Crippen LogP contribution in [-0.4, -0.2) is 31.6 Å². The lowest BCUT2D eigenvalue weighted by molar-refractivity contribution is -0.132. The Morgan fingerprint density at radius 3 is 2.05 bits per heavy atom. The van der Waals surface area contributed by atoms with E-state index in [1.165, 1.54) is 5.56 Å². The Morgan fingerprint density at radius 2 is 1.55 bits per heavy atom. The number of carbonyl (C=O) groups is 2. The molecule has 1 aromatic rings. The van der Waals surface area contributed by atoms with Crippen molar-refractivity contribution >= 4 is 11.8 Å². The Morgan fingerprint density at radius 1 is 1.00 bits per heavy atom. The van der Waals surface area contributed by atoms with Crippen LogP contribution in [0.5, 0.6) is 5.75 Å². The highest BCUT2D eigenvalue weighted by molar-refractivity contribution is 5.83. The molecule has 0 aliphatic heterocycles. The zero-order valence-electron chi connectivity index (χ0n) is 13.6. The fourth-order valence-corrected chi connectivity index (χ4v) is 1.61. The van der Waals surface area contributed by atoms with Crippen molar-refractivity contribution < 1.29 is 19.1 Å². The number of hydrazine groups is 1. The van der Waals surface area contributed by atoms with Crippen LogP contribution in [0.3, 0.4) is 0 Å². The molecule has 1 rings (SSSR count). The fraction of sp³-hybridized carbons (Fsp3) is 0.500. The van der Waals surface area contributed by atoms with Gasteiger partial charge in [0.25, 0.3) is 11.8 Å². The summed E-state index contributed by atoms with van der Waals surface area (Å²) in [6, 6.07) is 7.58. The number of hydrogen-bond donors (Lipinski definition) is 2. The van der Waals surface area contributed by atoms with Gasteiger partial charge in [0.1, 0.15) is 12.4 Å². The predicted molar refractivity (Wildman–Crippen MR) is 83.4 cm³/mol. The van der Waals surface area contributed by atoms with Crippen LogP contribution in [0.15, 0.2) is 24.3 Å². The molecule has 6 heteroatoms. The van der Waals surface area contributed by atoms with Crippen LogP contribution in [0.4, 0.5) is 0 Å². The van der Waals surface area contributed by atoms with Crippen molar-refractivity contribution in [3.63, 3.8) is 0 Å². The molecule has 0 spiro atoms. The molecule has 1 aromatic carbocycles. The summed E-state index contributed by atoms with van der Waals surface area (Å²) in [6.45, 7) is 8.33. The minimum absolute atomic E-state index is 0.0702. The van der Waals surface area contributed by atoms with Gasteiger partial charge in [-0.3, -0.25) is 20.4 Å². The van der Waals surface area contributed by atoms with Crippen molar-refractivity contribution in [2.75, 3.05) is 19.8 Å². The molecular formula is C16H24N2O4. The third-order valence-corrected chi connectivity index (χ3v) is 2.87. The average Bonchev–Trinajstić information content (AvgIpc) is 2.48. The van der Waals surface area contributed by atoms with Crippen molar-refractivity contribution in [3.05, 3.63) is 29.8 Å². The number of carbonyl (C=O) groups excluding carboxylic acids is 2. The van der Waals surface area contributed by atoms with E-state index < -0.39 is 11.8 Å². The zero-order chi connectivity index (χ0) is 16.6. The summed E-state index contributed by atoms with van der Waals surface area (Å²) in [5, 5.41) is 0. The highest BCUT2D eigenvalue weighted by atomic mass is 16.5. The number of benzene rings is 1. The van der Waals surface area contributed by atoms with E-state index in [0.717, 1.165) is 0 Å². The SMILES string of the molecule is CCOCC(=O)NNC(=O)COc1ccc(C(C)(C)C)cc1. The van der Waals surface area contributed by atoms with E-state index in [0.29, 0.717) is 12.4 Å². The fourth-order valence-electron chi connectivity index (χ4n) is 1.61. The maximum absolute atomic E-state index is 11.5. The lowest BCUT2D eigenvalue weighted by Gasteiger charge is -2.19. The molecule has 122 valence electrons. The quantitative estimate of drug-likeness (QED) is 0.782. The Hall–Kier alpha value is -2.08. The van der Waals surface area contributed by atoms with Gasteiger partial charge in [0.05, 0.1) is 0 Å². The number of nitrogens with one attached hydrogen (secondary N) is 2. The molecule has 0 fully saturated rings. The Bertz CT molecular complexity index is 492. The molecule has 0 saturated heterocycles. The first-order chi connectivity index (χ1) is 10.3. The molecule has 6 nitrogen and oxygen atoms in total. The van der Waals surface area contributed by atoms with E-state index in [-0.39, 0.29) is 18.6 Å². The largest absolute Gasteiger partial charge is 0.484 e. The molecule has 2 N–H and O–H groups in total. The molecule has 0 aromatic heterocycles. The molecule has 0 unspecified atom stereocenters. The van der Waals surface area contributed by atoms with Gasteiger partial charge in [-0.1, -0.05) is 32.9 Å². The first-order valence-electron chi connectivity index (χ1n) is 7.21. The number of rotatable bonds is 6. The van der Waals surface area contributed by atoms with E-state index >= 15 is 0 Å². The Labute approximate surface area is 131 Å². The predicted octanol–water partition coefficient (Wildman–Crippen LogP) is 1.55. The molecule has 0 aliphatic carbocycles. The van der Waals surface area contributed by atoms with Crippen LogP contribution in [0.2, 0.25) is 0 Å². The molecule has 0 heterocycles. The molecule has 2 amide bonds. The smallest absolute Gasteiger partial charge is 0.276 e. The van der Waals surface area contributed by atoms with Gasteiger partial charge in [0, 0.05) is 6.61 Å². The van der Waals surface area contributed by atoms with Crippen LogP contribution in [0, 0.1) is 0 Å². The summed E-state index contributed by atoms with van der Waals surface area (Å²) in [6.07, 6.45) is 0. The van der Waals surface area contributed by atoms with Crippen molar-refractivity contribution in [3.8, 4) is 5.75 Å². The van der Waals surface area contributed by atoms with Gasteiger partial charge in [-0.15, -0.1) is 0 Å². The lowest BCUT2D eigenvalue weighted by Crippen LogP contribution is -2.45. The van der Waals surface area contributed by atoms with Crippen LogP contribution >= 0.6 is 0 Å². The van der Waals surface area contributed by atoms with Crippen molar-refractivity contribution in [1.82, 2.24) is 10.9 Å². The van der Waals surface area contributed by atoms with E-state index in [1.807, 2.05) is 24.3 Å². The Balaban J connectivity index is 2.33. The summed E-state index contributed by atoms with van der Waals surface area (Å²) < 4.78 is 10.3. The van der Waals surface area contributed by atoms with Crippen molar-refractivity contribution in [1.29, 1.82) is 0 Å². The number of amides is 2. The number of hydrogen-bond acceptors (Lipinski definition) is 4. The number of ether oxygens (including phenoxy) is 2. The highest BCUT2D eigenvalue weighted by Gasteiger charge is 2.13. The summed E-state index contributed by atoms with van der Waals surface area (Å²) in [5.74, 6) is -0.252. The van der Waals surface area contributed by atoms with E-state index in [9.17, 15) is 9.59 Å². The first-order valence-corrected chi connectivity index (χ1v) is 7.21. The average molecular weight is 308 g/mol. The molecule has 0 saturated carbocycles. The van der Waals surface area contributed by atoms with Crippen molar-refractivity contribution in [2.45, 2.75) is 33.1 Å². The van der Waals surface area contributed by atoms with E-state index in [4.69, 9.17) is 9.47 Å². The zero-order valence-corrected chi connectivity index (χ0v) is 13.6. The van der Waals surface area contributed by atoms with Gasteiger partial charge < -0.3 is 9.47 Å². The third-order valence-electron chi connectivity index (χ3n) is 2.87. The second-order valence-electron chi connectivity index (χ2n) is 5.80. The minimum Gasteiger partial charge on any atom is -0.484 e. The summed E-state index contributed by atoms with van der Waals surface area (Å²) in [5.41, 5.74) is 5.75. The lowest BCUT2D eigenvalue weighted by atomic mass is 9.87. The first kappa shape index (κ1) is 18.0. The standard InChI is InChI=1S/C16H24N2O4/c1-5-21-10-14(19)17-18-15(20)11-22-13-8-6-12(7-9-13)16(2,3)4/h6-9H,5,10-11H2,1-4H3,(H,17,19)(H,18,20). The van der Waals surface area contributed by atoms with Crippen LogP contribution in [0.1, 0.15) is 33.3 Å². The van der Waals surface area contributed by atoms with Gasteiger partial charge in [0.2, 0.25) is 0 Å². The monoisotopic (exact) mass is 308 g/mol. The second-order valence-corrected chi connectivity index (χ2v) is 5.80. The van der Waals surface area contributed by atoms with Gasteiger partial charge in [-0.2, -0.15) is 0 Å². The summed E-state index contributed by atoms with van der Waals surface area (Å²) in [4.78, 5) is 22.7. The van der Waals surface area contributed by atoms with Crippen LogP contribution in [-0.2, 0) is 19.7 Å². The summed E-state index contributed by atoms with van der Waals surface area (Å²) >= 11 is 0. The van der Waals surface area contributed by atoms with Gasteiger partial charge in [-0.25, -0.2) is 0 Å². The maximum Gasteiger partial charge on any atom is 0.276 e. The summed E-state index contributed by atoms with van der Waals surface area (Å²) in [7, 11) is 0. The minimum atomic E-state index is -0.440. The van der Waals surface area contributed by atoms with E-state index in [1.54, 1.807) is 6.92 Å².